The molecule has 4 aromatic rings. The van der Waals surface area contributed by atoms with Gasteiger partial charge in [-0.25, -0.2) is 0 Å². The first-order valence-corrected chi connectivity index (χ1v) is 10.1. The van der Waals surface area contributed by atoms with Gasteiger partial charge < -0.3 is 0 Å². The van der Waals surface area contributed by atoms with E-state index >= 15 is 0 Å². The molecule has 27 heavy (non-hydrogen) atoms. The van der Waals surface area contributed by atoms with Gasteiger partial charge in [-0.15, -0.1) is 0 Å². The normalized spacial score (nSPS) is 14.3. The van der Waals surface area contributed by atoms with Crippen LogP contribution in [0.25, 0.3) is 0 Å². The summed E-state index contributed by atoms with van der Waals surface area (Å²) in [6.45, 7) is 2.23. The molecule has 130 valence electrons. The minimum Gasteiger partial charge on any atom is -0.0894 e. The van der Waals surface area contributed by atoms with Crippen molar-refractivity contribution in [1.29, 1.82) is 0 Å². The van der Waals surface area contributed by atoms with Gasteiger partial charge in [0.05, 0.1) is 5.41 Å². The number of rotatable bonds is 2. The molecule has 1 aliphatic heterocycles. The Labute approximate surface area is 164 Å². The lowest BCUT2D eigenvalue weighted by atomic mass is 9.64. The van der Waals surface area contributed by atoms with Crippen LogP contribution in [0.15, 0.2) is 113 Å². The van der Waals surface area contributed by atoms with Gasteiger partial charge in [0.2, 0.25) is 0 Å². The summed E-state index contributed by atoms with van der Waals surface area (Å²) < 4.78 is 0. The Hall–Kier alpha value is -2.77. The van der Waals surface area contributed by atoms with Gasteiger partial charge in [0, 0.05) is 9.79 Å². The van der Waals surface area contributed by atoms with Crippen molar-refractivity contribution in [2.24, 2.45) is 0 Å². The Kier molecular flexibility index (Phi) is 3.91. The van der Waals surface area contributed by atoms with Crippen molar-refractivity contribution in [3.8, 4) is 0 Å². The fourth-order valence-corrected chi connectivity index (χ4v) is 5.63. The molecule has 0 fully saturated rings. The van der Waals surface area contributed by atoms with Gasteiger partial charge >= 0.3 is 0 Å². The fourth-order valence-electron chi connectivity index (χ4n) is 4.43. The predicted octanol–water partition coefficient (Wildman–Crippen LogP) is 6.84. The third kappa shape index (κ3) is 2.39. The number of benzene rings is 4. The molecule has 0 amide bonds. The highest BCUT2D eigenvalue weighted by Gasteiger charge is 2.44. The summed E-state index contributed by atoms with van der Waals surface area (Å²) in [5.41, 5.74) is 6.43. The molecule has 0 unspecified atom stereocenters. The van der Waals surface area contributed by atoms with E-state index in [-0.39, 0.29) is 5.41 Å². The summed E-state index contributed by atoms with van der Waals surface area (Å²) >= 11 is 1.88. The van der Waals surface area contributed by atoms with Crippen molar-refractivity contribution in [1.82, 2.24) is 0 Å². The standard InChI is InChI=1S/C26H20S/c1-19-11-5-6-14-21(19)26(20-12-3-2-4-13-20)22-15-7-9-17-24(22)27-25-18-10-8-16-23(25)26/h2-18H,1H3. The molecule has 4 aromatic carbocycles. The van der Waals surface area contributed by atoms with Crippen LogP contribution >= 0.6 is 11.8 Å². The van der Waals surface area contributed by atoms with Gasteiger partial charge in [0.25, 0.3) is 0 Å². The third-order valence-corrected chi connectivity index (χ3v) is 6.71. The second kappa shape index (κ2) is 6.44. The van der Waals surface area contributed by atoms with Gasteiger partial charge in [0.1, 0.15) is 0 Å². The maximum Gasteiger partial charge on any atom is 0.0725 e. The highest BCUT2D eigenvalue weighted by Crippen LogP contribution is 2.55. The van der Waals surface area contributed by atoms with Crippen molar-refractivity contribution < 1.29 is 0 Å². The highest BCUT2D eigenvalue weighted by molar-refractivity contribution is 7.99. The Morgan fingerprint density at radius 3 is 1.59 bits per heavy atom. The van der Waals surface area contributed by atoms with E-state index in [1.807, 2.05) is 11.8 Å². The number of hydrogen-bond acceptors (Lipinski definition) is 1. The highest BCUT2D eigenvalue weighted by atomic mass is 32.2. The van der Waals surface area contributed by atoms with E-state index in [9.17, 15) is 0 Å². The lowest BCUT2D eigenvalue weighted by Gasteiger charge is -2.42. The average molecular weight is 365 g/mol. The van der Waals surface area contributed by atoms with Crippen LogP contribution in [0.4, 0.5) is 0 Å². The number of hydrogen-bond donors (Lipinski definition) is 0. The van der Waals surface area contributed by atoms with E-state index in [2.05, 4.69) is 110 Å². The maximum absolute atomic E-state index is 2.30. The molecule has 0 aliphatic carbocycles. The smallest absolute Gasteiger partial charge is 0.0725 e. The molecule has 1 heteroatoms. The largest absolute Gasteiger partial charge is 0.0894 e. The number of fused-ring (bicyclic) bond motifs is 2. The molecule has 1 aliphatic rings. The van der Waals surface area contributed by atoms with Crippen LogP contribution in [0.2, 0.25) is 0 Å². The van der Waals surface area contributed by atoms with Crippen LogP contribution in [0, 0.1) is 6.92 Å². The molecule has 0 saturated carbocycles. The second-order valence-corrected chi connectivity index (χ2v) is 8.11. The molecule has 0 saturated heterocycles. The maximum atomic E-state index is 2.30. The molecule has 0 radical (unpaired) electrons. The summed E-state index contributed by atoms with van der Waals surface area (Å²) in [4.78, 5) is 2.67. The summed E-state index contributed by atoms with van der Waals surface area (Å²) in [6.07, 6.45) is 0. The van der Waals surface area contributed by atoms with Gasteiger partial charge in [-0.2, -0.15) is 0 Å². The Bertz CT molecular complexity index is 1050. The van der Waals surface area contributed by atoms with E-state index in [4.69, 9.17) is 0 Å². The van der Waals surface area contributed by atoms with Crippen LogP contribution in [-0.2, 0) is 5.41 Å². The van der Waals surface area contributed by atoms with Crippen LogP contribution in [0.1, 0.15) is 27.8 Å². The van der Waals surface area contributed by atoms with Crippen LogP contribution < -0.4 is 0 Å². The van der Waals surface area contributed by atoms with E-state index < -0.39 is 0 Å². The average Bonchev–Trinajstić information content (AvgIpc) is 2.73. The SMILES string of the molecule is Cc1ccccc1C1(c2ccccc2)c2ccccc2Sc2ccccc21. The quantitative estimate of drug-likeness (QED) is 0.330. The van der Waals surface area contributed by atoms with E-state index in [0.717, 1.165) is 0 Å². The van der Waals surface area contributed by atoms with Gasteiger partial charge in [-0.05, 0) is 46.9 Å². The molecule has 0 bridgehead atoms. The van der Waals surface area contributed by atoms with Crippen molar-refractivity contribution in [3.63, 3.8) is 0 Å². The summed E-state index contributed by atoms with van der Waals surface area (Å²) in [5.74, 6) is 0. The second-order valence-electron chi connectivity index (χ2n) is 7.03. The van der Waals surface area contributed by atoms with Crippen LogP contribution in [0.5, 0.6) is 0 Å². The zero-order valence-electron chi connectivity index (χ0n) is 15.2. The first-order valence-electron chi connectivity index (χ1n) is 9.30. The first-order chi connectivity index (χ1) is 13.3. The summed E-state index contributed by atoms with van der Waals surface area (Å²) in [7, 11) is 0. The zero-order valence-corrected chi connectivity index (χ0v) is 16.0. The Morgan fingerprint density at radius 2 is 1.00 bits per heavy atom. The topological polar surface area (TPSA) is 0 Å². The fraction of sp³-hybridized carbons (Fsp3) is 0.0769. The summed E-state index contributed by atoms with van der Waals surface area (Å²) in [5, 5.41) is 0. The molecule has 0 atom stereocenters. The molecule has 0 spiro atoms. The van der Waals surface area contributed by atoms with E-state index in [1.54, 1.807) is 0 Å². The number of aryl methyl sites for hydroxylation is 1. The monoisotopic (exact) mass is 364 g/mol. The van der Waals surface area contributed by atoms with Gasteiger partial charge in [-0.1, -0.05) is 103 Å². The van der Waals surface area contributed by atoms with Gasteiger partial charge in [-0.3, -0.25) is 0 Å². The molecule has 0 nitrogen and oxygen atoms in total. The minimum absolute atomic E-state index is 0.301. The first kappa shape index (κ1) is 16.4. The van der Waals surface area contributed by atoms with E-state index in [0.29, 0.717) is 0 Å². The predicted molar refractivity (Wildman–Crippen MR) is 114 cm³/mol. The van der Waals surface area contributed by atoms with Crippen molar-refractivity contribution in [2.75, 3.05) is 0 Å². The van der Waals surface area contributed by atoms with Crippen molar-refractivity contribution in [2.45, 2.75) is 22.1 Å². The Morgan fingerprint density at radius 1 is 0.519 bits per heavy atom. The summed E-state index contributed by atoms with van der Waals surface area (Å²) in [6, 6.07) is 37.5. The molecule has 5 rings (SSSR count). The molecule has 0 aromatic heterocycles. The van der Waals surface area contributed by atoms with Crippen LogP contribution in [-0.4, -0.2) is 0 Å². The molecular weight excluding hydrogens is 344 g/mol. The van der Waals surface area contributed by atoms with E-state index in [1.165, 1.54) is 37.6 Å². The lowest BCUT2D eigenvalue weighted by Crippen LogP contribution is -2.34. The minimum atomic E-state index is -0.301. The van der Waals surface area contributed by atoms with Crippen LogP contribution in [0.3, 0.4) is 0 Å². The zero-order chi connectivity index (χ0) is 18.3. The van der Waals surface area contributed by atoms with Crippen molar-refractivity contribution in [3.05, 3.63) is 131 Å². The Balaban J connectivity index is 2.00. The lowest BCUT2D eigenvalue weighted by molar-refractivity contribution is 0.697. The van der Waals surface area contributed by atoms with Crippen molar-refractivity contribution >= 4 is 11.8 Å². The molecule has 0 N–H and O–H groups in total. The van der Waals surface area contributed by atoms with Gasteiger partial charge in [0.15, 0.2) is 0 Å². The third-order valence-electron chi connectivity index (χ3n) is 5.56. The molecular formula is C26H20S. The molecule has 1 heterocycles.